The van der Waals surface area contributed by atoms with Crippen LogP contribution in [0.2, 0.25) is 0 Å². The maximum atomic E-state index is 12.4. The Balaban J connectivity index is 2.07. The minimum atomic E-state index is -3.61. The van der Waals surface area contributed by atoms with E-state index < -0.39 is 11.1 Å². The van der Waals surface area contributed by atoms with Crippen LogP contribution in [-0.4, -0.2) is 14.5 Å². The first-order chi connectivity index (χ1) is 11.4. The fourth-order valence-electron chi connectivity index (χ4n) is 2.24. The minimum absolute atomic E-state index is 0.376. The van der Waals surface area contributed by atoms with E-state index in [2.05, 4.69) is 0 Å². The zero-order valence-corrected chi connectivity index (χ0v) is 14.9. The molecule has 3 aromatic rings. The predicted octanol–water partition coefficient (Wildman–Crippen LogP) is 3.60. The Morgan fingerprint density at radius 2 is 1.62 bits per heavy atom. The average molecular weight is 379 g/mol. The maximum absolute atomic E-state index is 12.4. The van der Waals surface area contributed by atoms with E-state index in [1.807, 2.05) is 36.4 Å². The lowest BCUT2D eigenvalue weighted by Gasteiger charge is -2.18. The molecule has 1 atom stereocenters. The fourth-order valence-corrected chi connectivity index (χ4v) is 5.15. The molecule has 0 aliphatic carbocycles. The number of rotatable bonds is 5. The van der Waals surface area contributed by atoms with Gasteiger partial charge in [-0.05, 0) is 28.8 Å². The van der Waals surface area contributed by atoms with E-state index >= 15 is 0 Å². The second-order valence-corrected chi connectivity index (χ2v) is 11.0. The van der Waals surface area contributed by atoms with Crippen LogP contribution in [0.15, 0.2) is 76.0 Å². The van der Waals surface area contributed by atoms with Crippen LogP contribution in [0.3, 0.4) is 0 Å². The molecule has 2 aromatic carbocycles. The molecular weight excluding hydrogens is 365 g/mol. The summed E-state index contributed by atoms with van der Waals surface area (Å²) in [5, 5.41) is -0.753. The zero-order valence-electron chi connectivity index (χ0n) is 12.4. The second kappa shape index (κ2) is 7.09. The Labute approximate surface area is 147 Å². The summed E-state index contributed by atoms with van der Waals surface area (Å²) >= 11 is 5.47. The van der Waals surface area contributed by atoms with Gasteiger partial charge >= 0.3 is 0 Å². The van der Waals surface area contributed by atoms with E-state index in [1.165, 1.54) is 6.07 Å². The topological polar surface area (TPSA) is 75.6 Å². The number of aromatic nitrogens is 1. The molecule has 0 radical (unpaired) electrons. The van der Waals surface area contributed by atoms with Crippen molar-refractivity contribution in [1.29, 1.82) is 0 Å². The van der Waals surface area contributed by atoms with Gasteiger partial charge in [-0.15, -0.1) is 0 Å². The lowest BCUT2D eigenvalue weighted by atomic mass is 10.2. The second-order valence-electron chi connectivity index (χ2n) is 4.99. The van der Waals surface area contributed by atoms with Crippen LogP contribution in [0.4, 0.5) is 0 Å². The van der Waals surface area contributed by atoms with Gasteiger partial charge in [-0.3, -0.25) is 4.79 Å². The van der Waals surface area contributed by atoms with Crippen molar-refractivity contribution >= 4 is 28.9 Å². The molecule has 0 saturated carbocycles. The summed E-state index contributed by atoms with van der Waals surface area (Å²) in [7, 11) is 0. The molecule has 0 fully saturated rings. The van der Waals surface area contributed by atoms with Crippen LogP contribution in [0, 0.1) is 0 Å². The Kier molecular flexibility index (Phi) is 5.08. The Bertz CT molecular complexity index is 918. The molecule has 124 valence electrons. The van der Waals surface area contributed by atoms with Crippen molar-refractivity contribution in [1.82, 2.24) is 4.74 Å². The smallest absolute Gasteiger partial charge is 0.284 e. The predicted molar refractivity (Wildman–Crippen MR) is 99.3 cm³/mol. The summed E-state index contributed by atoms with van der Waals surface area (Å²) in [6.45, 7) is 0. The standard InChI is InChI=1S/C16H14NO4PS2/c18-15-11-14(12-7-3-1-4-8-12)21-17(15)16(24-22(19,20)23)13-9-5-2-6-10-13/h1-11,16H,(H2,19,20,23). The zero-order chi connectivity index (χ0) is 17.2. The first-order valence-electron chi connectivity index (χ1n) is 7.01. The van der Waals surface area contributed by atoms with Gasteiger partial charge in [-0.2, -0.15) is 4.74 Å². The highest BCUT2D eigenvalue weighted by Crippen LogP contribution is 2.57. The largest absolute Gasteiger partial charge is 0.374 e. The van der Waals surface area contributed by atoms with Crippen molar-refractivity contribution in [3.63, 3.8) is 0 Å². The summed E-state index contributed by atoms with van der Waals surface area (Å²) in [5.74, 6) is 0.409. The van der Waals surface area contributed by atoms with E-state index in [0.717, 1.165) is 21.7 Å². The van der Waals surface area contributed by atoms with Crippen LogP contribution < -0.4 is 5.56 Å². The lowest BCUT2D eigenvalue weighted by Crippen LogP contribution is -2.18. The molecule has 2 N–H and O–H groups in total. The van der Waals surface area contributed by atoms with Crippen LogP contribution in [0.5, 0.6) is 0 Å². The summed E-state index contributed by atoms with van der Waals surface area (Å²) in [6, 6.07) is 19.6. The first-order valence-corrected chi connectivity index (χ1v) is 11.2. The van der Waals surface area contributed by atoms with Crippen LogP contribution >= 0.6 is 17.1 Å². The minimum Gasteiger partial charge on any atom is -0.374 e. The number of hydrogen-bond acceptors (Lipinski definition) is 4. The van der Waals surface area contributed by atoms with Crippen molar-refractivity contribution in [2.24, 2.45) is 0 Å². The van der Waals surface area contributed by atoms with Gasteiger partial charge < -0.3 is 14.3 Å². The molecular formula is C16H14NO4PS2. The van der Waals surface area contributed by atoms with Gasteiger partial charge in [-0.25, -0.2) is 0 Å². The highest BCUT2D eigenvalue weighted by molar-refractivity contribution is 8.67. The van der Waals surface area contributed by atoms with E-state index in [4.69, 9.17) is 16.3 Å². The average Bonchev–Trinajstić information content (AvgIpc) is 2.95. The van der Waals surface area contributed by atoms with E-state index in [-0.39, 0.29) is 5.56 Å². The third kappa shape index (κ3) is 4.06. The van der Waals surface area contributed by atoms with Gasteiger partial charge in [0.25, 0.3) is 5.56 Å². The van der Waals surface area contributed by atoms with Gasteiger partial charge in [0.1, 0.15) is 5.37 Å². The number of nitrogens with zero attached hydrogens (tertiary/aromatic N) is 1. The summed E-state index contributed by atoms with van der Waals surface area (Å²) in [6.07, 6.45) is 0. The molecule has 0 aliphatic heterocycles. The molecule has 1 aromatic heterocycles. The molecule has 0 saturated heterocycles. The molecule has 1 heterocycles. The lowest BCUT2D eigenvalue weighted by molar-refractivity contribution is 0.281. The third-order valence-electron chi connectivity index (χ3n) is 3.26. The third-order valence-corrected chi connectivity index (χ3v) is 6.40. The number of hydrogen-bond donors (Lipinski definition) is 2. The molecule has 0 aliphatic rings. The highest BCUT2D eigenvalue weighted by Gasteiger charge is 2.26. The Hall–Kier alpha value is -1.63. The monoisotopic (exact) mass is 379 g/mol. The van der Waals surface area contributed by atoms with Gasteiger partial charge in [0, 0.05) is 5.56 Å². The highest BCUT2D eigenvalue weighted by atomic mass is 32.9. The molecule has 3 rings (SSSR count). The molecule has 0 bridgehead atoms. The molecule has 0 spiro atoms. The Morgan fingerprint density at radius 1 is 1.04 bits per heavy atom. The van der Waals surface area contributed by atoms with Gasteiger partial charge in [0.15, 0.2) is 5.76 Å². The van der Waals surface area contributed by atoms with E-state index in [1.54, 1.807) is 24.3 Å². The van der Waals surface area contributed by atoms with Gasteiger partial charge in [0.2, 0.25) is 5.69 Å². The normalized spacial score (nSPS) is 12.9. The molecule has 8 heteroatoms. The van der Waals surface area contributed by atoms with Crippen molar-refractivity contribution in [2.75, 3.05) is 0 Å². The van der Waals surface area contributed by atoms with Crippen LogP contribution in [0.1, 0.15) is 10.9 Å². The van der Waals surface area contributed by atoms with Crippen molar-refractivity contribution in [2.45, 2.75) is 5.37 Å². The summed E-state index contributed by atoms with van der Waals surface area (Å²) < 4.78 is 6.82. The maximum Gasteiger partial charge on any atom is 0.284 e. The van der Waals surface area contributed by atoms with Crippen molar-refractivity contribution < 1.29 is 14.3 Å². The molecule has 5 nitrogen and oxygen atoms in total. The van der Waals surface area contributed by atoms with Crippen molar-refractivity contribution in [3.05, 3.63) is 82.6 Å². The van der Waals surface area contributed by atoms with Crippen molar-refractivity contribution in [3.8, 4) is 11.3 Å². The summed E-state index contributed by atoms with van der Waals surface area (Å²) in [5.41, 5.74) is -2.53. The van der Waals surface area contributed by atoms with E-state index in [0.29, 0.717) is 11.3 Å². The quantitative estimate of drug-likeness (QED) is 0.660. The number of benzene rings is 2. The van der Waals surface area contributed by atoms with Crippen LogP contribution in [0.25, 0.3) is 11.3 Å². The first kappa shape index (κ1) is 17.2. The molecule has 1 unspecified atom stereocenters. The SMILES string of the molecule is O=c1cc(-c2ccccc2)on1C(SP(O)(O)=S)c1ccccc1. The van der Waals surface area contributed by atoms with E-state index in [9.17, 15) is 14.6 Å². The molecule has 0 amide bonds. The van der Waals surface area contributed by atoms with Crippen LogP contribution in [-0.2, 0) is 11.8 Å². The van der Waals surface area contributed by atoms with Gasteiger partial charge in [-0.1, -0.05) is 60.7 Å². The Morgan fingerprint density at radius 3 is 2.21 bits per heavy atom. The van der Waals surface area contributed by atoms with Gasteiger partial charge in [0.05, 0.1) is 6.07 Å². The summed E-state index contributed by atoms with van der Waals surface area (Å²) in [4.78, 5) is 31.8. The fraction of sp³-hybridized carbons (Fsp3) is 0.0625. The molecule has 24 heavy (non-hydrogen) atoms.